The van der Waals surface area contributed by atoms with Gasteiger partial charge in [0.1, 0.15) is 16.6 Å². The maximum atomic E-state index is 11.0. The van der Waals surface area contributed by atoms with Crippen LogP contribution in [0.15, 0.2) is 36.4 Å². The molecule has 1 aromatic carbocycles. The maximum absolute atomic E-state index is 11.0. The van der Waals surface area contributed by atoms with Gasteiger partial charge in [-0.25, -0.2) is 4.98 Å². The molecule has 0 N–H and O–H groups in total. The minimum atomic E-state index is -0.477. The van der Waals surface area contributed by atoms with Crippen molar-refractivity contribution in [1.29, 1.82) is 0 Å². The summed E-state index contributed by atoms with van der Waals surface area (Å²) in [7, 11) is 0. The number of nitrogens with zero attached hydrogens (tertiary/aromatic N) is 2. The predicted molar refractivity (Wildman–Crippen MR) is 72.5 cm³/mol. The Hall–Kier alpha value is -2.14. The van der Waals surface area contributed by atoms with Gasteiger partial charge in [-0.2, -0.15) is 0 Å². The summed E-state index contributed by atoms with van der Waals surface area (Å²) in [5, 5.41) is 11.2. The molecule has 5 nitrogen and oxygen atoms in total. The highest BCUT2D eigenvalue weighted by molar-refractivity contribution is 6.29. The third kappa shape index (κ3) is 3.00. The van der Waals surface area contributed by atoms with Crippen molar-refractivity contribution in [3.8, 4) is 17.0 Å². The molecule has 0 atom stereocenters. The van der Waals surface area contributed by atoms with Crippen LogP contribution in [0.25, 0.3) is 11.3 Å². The van der Waals surface area contributed by atoms with Crippen molar-refractivity contribution in [1.82, 2.24) is 4.98 Å². The van der Waals surface area contributed by atoms with E-state index in [0.717, 1.165) is 0 Å². The van der Waals surface area contributed by atoms with Gasteiger partial charge >= 0.3 is 0 Å². The lowest BCUT2D eigenvalue weighted by molar-refractivity contribution is -0.384. The van der Waals surface area contributed by atoms with E-state index in [1.807, 2.05) is 6.92 Å². The van der Waals surface area contributed by atoms with Gasteiger partial charge in [0.05, 0.1) is 11.5 Å². The van der Waals surface area contributed by atoms with E-state index in [4.69, 9.17) is 16.3 Å². The molecule has 0 aliphatic rings. The Labute approximate surface area is 115 Å². The fraction of sp³-hybridized carbons (Fsp3) is 0.154. The number of hydrogen-bond acceptors (Lipinski definition) is 4. The van der Waals surface area contributed by atoms with E-state index in [1.165, 1.54) is 12.1 Å². The minimum Gasteiger partial charge on any atom is -0.494 e. The van der Waals surface area contributed by atoms with E-state index in [-0.39, 0.29) is 16.5 Å². The Morgan fingerprint density at radius 1 is 1.26 bits per heavy atom. The molecule has 6 heteroatoms. The number of halogens is 1. The normalized spacial score (nSPS) is 10.2. The molecule has 0 amide bonds. The molecule has 0 fully saturated rings. The number of rotatable bonds is 4. The van der Waals surface area contributed by atoms with Gasteiger partial charge < -0.3 is 4.74 Å². The first kappa shape index (κ1) is 13.3. The SMILES string of the molecule is CCOc1ccc(-c2nc(Cl)ccc2[N+](=O)[O-])cc1. The summed E-state index contributed by atoms with van der Waals surface area (Å²) in [5.41, 5.74) is 0.798. The third-order valence-corrected chi connectivity index (χ3v) is 2.69. The number of aromatic nitrogens is 1. The second kappa shape index (κ2) is 5.67. The predicted octanol–water partition coefficient (Wildman–Crippen LogP) is 3.71. The van der Waals surface area contributed by atoms with Gasteiger partial charge in [-0.05, 0) is 37.3 Å². The molecule has 0 radical (unpaired) electrons. The van der Waals surface area contributed by atoms with Crippen LogP contribution in [0.1, 0.15) is 6.92 Å². The molecule has 0 aliphatic carbocycles. The zero-order valence-corrected chi connectivity index (χ0v) is 10.9. The highest BCUT2D eigenvalue weighted by Gasteiger charge is 2.17. The minimum absolute atomic E-state index is 0.0754. The lowest BCUT2D eigenvalue weighted by atomic mass is 10.1. The Kier molecular flexibility index (Phi) is 3.97. The molecule has 0 aliphatic heterocycles. The van der Waals surface area contributed by atoms with Crippen molar-refractivity contribution in [2.75, 3.05) is 6.61 Å². The fourth-order valence-corrected chi connectivity index (χ4v) is 1.81. The monoisotopic (exact) mass is 278 g/mol. The molecule has 1 heterocycles. The van der Waals surface area contributed by atoms with Crippen LogP contribution >= 0.6 is 11.6 Å². The molecule has 0 unspecified atom stereocenters. The van der Waals surface area contributed by atoms with Gasteiger partial charge in [0.15, 0.2) is 0 Å². The van der Waals surface area contributed by atoms with Crippen LogP contribution in [0.3, 0.4) is 0 Å². The zero-order chi connectivity index (χ0) is 13.8. The average molecular weight is 279 g/mol. The molecule has 2 aromatic rings. The molecule has 19 heavy (non-hydrogen) atoms. The third-order valence-electron chi connectivity index (χ3n) is 2.48. The first-order valence-electron chi connectivity index (χ1n) is 5.66. The molecule has 1 aromatic heterocycles. The molecule has 0 bridgehead atoms. The molecule has 0 saturated carbocycles. The first-order valence-corrected chi connectivity index (χ1v) is 6.03. The fourth-order valence-electron chi connectivity index (χ4n) is 1.66. The Balaban J connectivity index is 2.45. The second-order valence-electron chi connectivity index (χ2n) is 3.72. The highest BCUT2D eigenvalue weighted by Crippen LogP contribution is 2.30. The van der Waals surface area contributed by atoms with Gasteiger partial charge in [0.25, 0.3) is 5.69 Å². The van der Waals surface area contributed by atoms with Crippen LogP contribution in [-0.2, 0) is 0 Å². The summed E-state index contributed by atoms with van der Waals surface area (Å²) in [6.07, 6.45) is 0. The molecule has 2 rings (SSSR count). The van der Waals surface area contributed by atoms with E-state index in [1.54, 1.807) is 24.3 Å². The summed E-state index contributed by atoms with van der Waals surface area (Å²) in [5.74, 6) is 0.705. The lowest BCUT2D eigenvalue weighted by Crippen LogP contribution is -1.95. The number of ether oxygens (including phenoxy) is 1. The topological polar surface area (TPSA) is 65.3 Å². The average Bonchev–Trinajstić information content (AvgIpc) is 2.39. The number of nitro groups is 1. The summed E-state index contributed by atoms with van der Waals surface area (Å²) in [6.45, 7) is 2.45. The lowest BCUT2D eigenvalue weighted by Gasteiger charge is -2.05. The largest absolute Gasteiger partial charge is 0.494 e. The van der Waals surface area contributed by atoms with Crippen LogP contribution in [0, 0.1) is 10.1 Å². The molecule has 0 spiro atoms. The molecule has 98 valence electrons. The van der Waals surface area contributed by atoms with E-state index >= 15 is 0 Å². The van der Waals surface area contributed by atoms with Crippen molar-refractivity contribution in [3.63, 3.8) is 0 Å². The molecule has 0 saturated heterocycles. The highest BCUT2D eigenvalue weighted by atomic mass is 35.5. The Morgan fingerprint density at radius 2 is 1.95 bits per heavy atom. The quantitative estimate of drug-likeness (QED) is 0.486. The molecular weight excluding hydrogens is 268 g/mol. The van der Waals surface area contributed by atoms with Gasteiger partial charge in [0.2, 0.25) is 0 Å². The Bertz CT molecular complexity index is 599. The number of benzene rings is 1. The van der Waals surface area contributed by atoms with Gasteiger partial charge in [-0.3, -0.25) is 10.1 Å². The first-order chi connectivity index (χ1) is 9.11. The zero-order valence-electron chi connectivity index (χ0n) is 10.2. The standard InChI is InChI=1S/C13H11ClN2O3/c1-2-19-10-5-3-9(4-6-10)13-11(16(17)18)7-8-12(14)15-13/h3-8H,2H2,1H3. The van der Waals surface area contributed by atoms with Crippen LogP contribution in [-0.4, -0.2) is 16.5 Å². The van der Waals surface area contributed by atoms with Gasteiger partial charge in [-0.15, -0.1) is 0 Å². The van der Waals surface area contributed by atoms with Gasteiger partial charge in [0, 0.05) is 11.6 Å². The maximum Gasteiger partial charge on any atom is 0.295 e. The van der Waals surface area contributed by atoms with E-state index in [9.17, 15) is 10.1 Å². The van der Waals surface area contributed by atoms with Crippen molar-refractivity contribution in [2.24, 2.45) is 0 Å². The van der Waals surface area contributed by atoms with E-state index < -0.39 is 4.92 Å². The second-order valence-corrected chi connectivity index (χ2v) is 4.10. The van der Waals surface area contributed by atoms with Crippen molar-refractivity contribution >= 4 is 17.3 Å². The molecular formula is C13H11ClN2O3. The van der Waals surface area contributed by atoms with Crippen LogP contribution in [0.4, 0.5) is 5.69 Å². The van der Waals surface area contributed by atoms with Crippen molar-refractivity contribution < 1.29 is 9.66 Å². The summed E-state index contributed by atoms with van der Waals surface area (Å²) in [6, 6.07) is 9.67. The van der Waals surface area contributed by atoms with Gasteiger partial charge in [-0.1, -0.05) is 11.6 Å². The number of hydrogen-bond donors (Lipinski definition) is 0. The van der Waals surface area contributed by atoms with Crippen molar-refractivity contribution in [3.05, 3.63) is 51.7 Å². The van der Waals surface area contributed by atoms with Crippen LogP contribution in [0.5, 0.6) is 5.75 Å². The summed E-state index contributed by atoms with van der Waals surface area (Å²) >= 11 is 5.79. The van der Waals surface area contributed by atoms with Crippen LogP contribution in [0.2, 0.25) is 5.15 Å². The summed E-state index contributed by atoms with van der Waals surface area (Å²) < 4.78 is 5.32. The smallest absolute Gasteiger partial charge is 0.295 e. The Morgan fingerprint density at radius 3 is 2.53 bits per heavy atom. The van der Waals surface area contributed by atoms with E-state index in [2.05, 4.69) is 4.98 Å². The van der Waals surface area contributed by atoms with Crippen molar-refractivity contribution in [2.45, 2.75) is 6.92 Å². The van der Waals surface area contributed by atoms with E-state index in [0.29, 0.717) is 17.9 Å². The van der Waals surface area contributed by atoms with Crippen LogP contribution < -0.4 is 4.74 Å². The summed E-state index contributed by atoms with van der Waals surface area (Å²) in [4.78, 5) is 14.5. The number of pyridine rings is 1.